The molecule has 0 unspecified atom stereocenters. The molecule has 0 amide bonds. The molecule has 0 bridgehead atoms. The quantitative estimate of drug-likeness (QED) is 0.0379. The molecular formula is C118H84BF9N8O5S. The molecule has 4 aromatic heterocycles. The summed E-state index contributed by atoms with van der Waals surface area (Å²) in [6.07, 6.45) is -7.19. The van der Waals surface area contributed by atoms with Crippen LogP contribution in [0.5, 0.6) is 5.75 Å². The molecule has 1 saturated heterocycles. The first-order chi connectivity index (χ1) is 68.4. The molecule has 0 atom stereocenters. The lowest BCUT2D eigenvalue weighted by atomic mass is 9.78. The van der Waals surface area contributed by atoms with Crippen molar-refractivity contribution in [1.29, 1.82) is 0 Å². The highest BCUT2D eigenvalue weighted by atomic mass is 32.2. The standard InChI is InChI=1S/C54H36N4.C35H20F9N3O3S.C29H28BNO2/c1-5-13-37(14-6-1)49-35-50(40-15-7-2-8-16-40)55-51(36-49)41-25-21-38(22-26-41)45-29-31-48-34-46(30-32-47(48)33-45)39-23-27-44(28-24-39)54-57-52(42-17-9-3-10-18-42)56-53(58-54)43-19-11-4-12-20-43;36-32(37,34(40,41)42)33(38,39)35(43,44)51(48,49)50-28-18-17-26-19-25(15-16-27(26)20-28)21-11-13-24(14-12-21)31-46-29(22-7-3-1-4-8-22)45-30(47-31)23-9-5-2-6-10-23;1-28(2)29(3,4)33-30(32-28)25-17-15-23(16-18-25)27-20-24(21-11-7-5-8-12-21)19-26(31-27)22-13-9-6-10-14-22/h1-36H;1-20H;5-20H,1-4H3. The van der Waals surface area contributed by atoms with Crippen molar-refractivity contribution in [3.63, 3.8) is 0 Å². The van der Waals surface area contributed by atoms with Crippen LogP contribution in [0.25, 0.3) is 191 Å². The lowest BCUT2D eigenvalue weighted by Gasteiger charge is -2.32. The molecule has 0 aliphatic carbocycles. The van der Waals surface area contributed by atoms with E-state index in [2.05, 4.69) is 271 Å². The second kappa shape index (κ2) is 39.4. The molecule has 13 nitrogen and oxygen atoms in total. The maximum absolute atomic E-state index is 14.1. The predicted molar refractivity (Wildman–Crippen MR) is 544 cm³/mol. The first-order valence-electron chi connectivity index (χ1n) is 45.4. The number of hydrogen-bond donors (Lipinski definition) is 0. The summed E-state index contributed by atoms with van der Waals surface area (Å²) in [6.45, 7) is 8.30. The third-order valence-corrected chi connectivity index (χ3v) is 26.2. The highest BCUT2D eigenvalue weighted by Crippen LogP contribution is 2.55. The Hall–Kier alpha value is -16.5. The number of halogens is 9. The van der Waals surface area contributed by atoms with Crippen LogP contribution in [0, 0.1) is 0 Å². The van der Waals surface area contributed by atoms with E-state index in [0.29, 0.717) is 57.0 Å². The van der Waals surface area contributed by atoms with Crippen LogP contribution in [0.2, 0.25) is 0 Å². The van der Waals surface area contributed by atoms with Gasteiger partial charge in [0.15, 0.2) is 34.9 Å². The van der Waals surface area contributed by atoms with Crippen LogP contribution in [0.4, 0.5) is 39.5 Å². The Balaban J connectivity index is 0.000000140. The number of fused-ring (bicyclic) bond motifs is 2. The van der Waals surface area contributed by atoms with E-state index in [1.165, 1.54) is 33.5 Å². The molecule has 1 aliphatic rings. The zero-order valence-electron chi connectivity index (χ0n) is 76.6. The summed E-state index contributed by atoms with van der Waals surface area (Å²) in [5.41, 5.74) is 24.1. The molecule has 16 aromatic carbocycles. The maximum Gasteiger partial charge on any atom is 0.494 e. The third-order valence-electron chi connectivity index (χ3n) is 24.9. The van der Waals surface area contributed by atoms with Crippen LogP contribution in [-0.4, -0.2) is 89.9 Å². The van der Waals surface area contributed by atoms with Crippen molar-refractivity contribution < 1.29 is 61.4 Å². The van der Waals surface area contributed by atoms with Crippen molar-refractivity contribution in [2.24, 2.45) is 0 Å². The summed E-state index contributed by atoms with van der Waals surface area (Å²) in [5.74, 6) is -12.6. The summed E-state index contributed by atoms with van der Waals surface area (Å²) < 4.78 is 160. The van der Waals surface area contributed by atoms with Gasteiger partial charge < -0.3 is 13.5 Å². The van der Waals surface area contributed by atoms with Gasteiger partial charge in [0.25, 0.3) is 0 Å². The van der Waals surface area contributed by atoms with Gasteiger partial charge in [-0.2, -0.15) is 47.9 Å². The van der Waals surface area contributed by atoms with E-state index in [0.717, 1.165) is 124 Å². The molecule has 5 heterocycles. The normalized spacial score (nSPS) is 13.1. The van der Waals surface area contributed by atoms with Gasteiger partial charge in [0.2, 0.25) is 0 Å². The van der Waals surface area contributed by atoms with Gasteiger partial charge in [-0.05, 0) is 165 Å². The number of nitrogens with zero attached hydrogens (tertiary/aromatic N) is 8. The fraction of sp³-hybridized carbons (Fsp3) is 0.0847. The smallest absolute Gasteiger partial charge is 0.399 e. The monoisotopic (exact) mass is 1910 g/mol. The molecule has 20 aromatic rings. The molecule has 21 rings (SSSR count). The molecule has 0 N–H and O–H groups in total. The number of pyridine rings is 2. The molecule has 0 spiro atoms. The molecule has 1 fully saturated rings. The summed E-state index contributed by atoms with van der Waals surface area (Å²) in [6, 6.07) is 143. The van der Waals surface area contributed by atoms with Crippen molar-refractivity contribution in [2.45, 2.75) is 62.2 Å². The Bertz CT molecular complexity index is 7600. The molecule has 1 aliphatic heterocycles. The largest absolute Gasteiger partial charge is 0.494 e. The van der Waals surface area contributed by atoms with Gasteiger partial charge in [-0.15, -0.1) is 0 Å². The van der Waals surface area contributed by atoms with Gasteiger partial charge >= 0.3 is 40.5 Å². The van der Waals surface area contributed by atoms with E-state index in [-0.39, 0.29) is 23.7 Å². The Kier molecular flexibility index (Phi) is 26.2. The Labute approximate surface area is 814 Å². The van der Waals surface area contributed by atoms with E-state index in [1.54, 1.807) is 36.4 Å². The van der Waals surface area contributed by atoms with Crippen LogP contribution in [0.1, 0.15) is 27.7 Å². The van der Waals surface area contributed by atoms with Crippen molar-refractivity contribution in [3.05, 3.63) is 437 Å². The third kappa shape index (κ3) is 20.1. The first kappa shape index (κ1) is 94.4. The van der Waals surface area contributed by atoms with Gasteiger partial charge in [-0.1, -0.05) is 382 Å². The lowest BCUT2D eigenvalue weighted by molar-refractivity contribution is -0.382. The van der Waals surface area contributed by atoms with Crippen LogP contribution in [0.3, 0.4) is 0 Å². The highest BCUT2D eigenvalue weighted by Gasteiger charge is 2.86. The Morgan fingerprint density at radius 2 is 0.451 bits per heavy atom. The zero-order chi connectivity index (χ0) is 98.6. The Morgan fingerprint density at radius 1 is 0.232 bits per heavy atom. The summed E-state index contributed by atoms with van der Waals surface area (Å²) in [5, 5.41) is -4.09. The predicted octanol–water partition coefficient (Wildman–Crippen LogP) is 30.0. The molecular weight excluding hydrogens is 1820 g/mol. The van der Waals surface area contributed by atoms with E-state index in [9.17, 15) is 47.9 Å². The molecule has 698 valence electrons. The van der Waals surface area contributed by atoms with E-state index in [4.69, 9.17) is 34.2 Å². The van der Waals surface area contributed by atoms with Crippen molar-refractivity contribution in [1.82, 2.24) is 39.9 Å². The number of alkyl halides is 9. The van der Waals surface area contributed by atoms with Crippen molar-refractivity contribution in [2.75, 3.05) is 0 Å². The summed E-state index contributed by atoms with van der Waals surface area (Å²) in [4.78, 5) is 38.8. The topological polar surface area (TPSA) is 165 Å². The second-order valence-corrected chi connectivity index (χ2v) is 36.5. The molecule has 0 saturated carbocycles. The van der Waals surface area contributed by atoms with Gasteiger partial charge in [0.05, 0.1) is 34.0 Å². The van der Waals surface area contributed by atoms with Gasteiger partial charge in [0.1, 0.15) is 5.75 Å². The van der Waals surface area contributed by atoms with Crippen LogP contribution < -0.4 is 9.65 Å². The average molecular weight is 1910 g/mol. The zero-order valence-corrected chi connectivity index (χ0v) is 77.4. The maximum atomic E-state index is 14.1. The minimum atomic E-state index is -7.41. The van der Waals surface area contributed by atoms with Gasteiger partial charge in [-0.3, -0.25) is 0 Å². The molecule has 142 heavy (non-hydrogen) atoms. The van der Waals surface area contributed by atoms with Crippen LogP contribution in [-0.2, 0) is 19.4 Å². The highest BCUT2D eigenvalue weighted by molar-refractivity contribution is 7.88. The van der Waals surface area contributed by atoms with Gasteiger partial charge in [-0.25, -0.2) is 39.9 Å². The number of hydrogen-bond acceptors (Lipinski definition) is 13. The Morgan fingerprint density at radius 3 is 0.739 bits per heavy atom. The second-order valence-electron chi connectivity index (χ2n) is 34.9. The lowest BCUT2D eigenvalue weighted by Crippen LogP contribution is -2.63. The van der Waals surface area contributed by atoms with Gasteiger partial charge in [0, 0.05) is 55.6 Å². The van der Waals surface area contributed by atoms with E-state index < -0.39 is 39.1 Å². The van der Waals surface area contributed by atoms with E-state index in [1.807, 2.05) is 152 Å². The fourth-order valence-corrected chi connectivity index (χ4v) is 17.2. The number of aromatic nitrogens is 8. The van der Waals surface area contributed by atoms with E-state index >= 15 is 0 Å². The molecule has 0 radical (unpaired) electrons. The minimum absolute atomic E-state index is 0.130. The summed E-state index contributed by atoms with van der Waals surface area (Å²) in [7, 11) is -7.44. The first-order valence-corrected chi connectivity index (χ1v) is 46.8. The van der Waals surface area contributed by atoms with Crippen LogP contribution >= 0.6 is 0 Å². The SMILES string of the molecule is CC1(C)OB(c2ccc(-c3cc(-c4ccccc4)cc(-c4ccccc4)n3)cc2)OC1(C)C.O=S(=O)(Oc1ccc2cc(-c3ccc(-c4nc(-c5ccccc5)nc(-c5ccccc5)n4)cc3)ccc2c1)C(F)(F)C(F)(F)C(F)(F)C(F)(F)F.c1ccc(-c2cc(-c3ccccc3)nc(-c3ccc(-c4ccc5cc(-c6ccc(-c7nc(-c8ccccc8)nc(-c8ccccc8)n7)cc6)ccc5c4)cc3)c2)cc1. The van der Waals surface area contributed by atoms with Crippen molar-refractivity contribution >= 4 is 44.2 Å². The molecule has 24 heteroatoms. The minimum Gasteiger partial charge on any atom is -0.399 e. The fourth-order valence-electron chi connectivity index (χ4n) is 16.3. The summed E-state index contributed by atoms with van der Waals surface area (Å²) >= 11 is 0. The number of rotatable bonds is 21. The van der Waals surface area contributed by atoms with Crippen molar-refractivity contribution in [3.8, 4) is 175 Å². The average Bonchev–Trinajstić information content (AvgIpc) is 0.907. The number of benzene rings is 16. The van der Waals surface area contributed by atoms with Crippen LogP contribution in [0.15, 0.2) is 437 Å².